The molecule has 1 aromatic carbocycles. The van der Waals surface area contributed by atoms with E-state index in [9.17, 15) is 9.59 Å². The third-order valence-electron chi connectivity index (χ3n) is 4.02. The van der Waals surface area contributed by atoms with Crippen molar-refractivity contribution >= 4 is 12.0 Å². The van der Waals surface area contributed by atoms with Gasteiger partial charge in [-0.3, -0.25) is 4.79 Å². The fraction of sp³-hybridized carbons (Fsp3) is 0.529. The van der Waals surface area contributed by atoms with Gasteiger partial charge in [0.05, 0.1) is 12.1 Å². The van der Waals surface area contributed by atoms with Crippen LogP contribution in [0, 0.1) is 0 Å². The normalized spacial score (nSPS) is 22.0. The van der Waals surface area contributed by atoms with Crippen LogP contribution in [-0.4, -0.2) is 30.1 Å². The molecule has 4 N–H and O–H groups in total. The van der Waals surface area contributed by atoms with Crippen LogP contribution in [0.15, 0.2) is 30.3 Å². The first-order chi connectivity index (χ1) is 11.1. The van der Waals surface area contributed by atoms with Crippen molar-refractivity contribution in [1.29, 1.82) is 0 Å². The van der Waals surface area contributed by atoms with Crippen molar-refractivity contribution in [1.82, 2.24) is 10.6 Å². The summed E-state index contributed by atoms with van der Waals surface area (Å²) in [6.07, 6.45) is 3.25. The Morgan fingerprint density at radius 1 is 1.17 bits per heavy atom. The van der Waals surface area contributed by atoms with Gasteiger partial charge < -0.3 is 21.1 Å². The Labute approximate surface area is 136 Å². The Kier molecular flexibility index (Phi) is 6.40. The van der Waals surface area contributed by atoms with E-state index in [2.05, 4.69) is 10.6 Å². The van der Waals surface area contributed by atoms with E-state index in [0.717, 1.165) is 31.2 Å². The molecule has 0 aromatic heterocycles. The number of benzene rings is 1. The fourth-order valence-electron chi connectivity index (χ4n) is 2.71. The largest absolute Gasteiger partial charge is 0.445 e. The average molecular weight is 319 g/mol. The van der Waals surface area contributed by atoms with Gasteiger partial charge in [-0.05, 0) is 25.3 Å². The summed E-state index contributed by atoms with van der Waals surface area (Å²) in [7, 11) is 0. The maximum Gasteiger partial charge on any atom is 0.407 e. The van der Waals surface area contributed by atoms with Crippen molar-refractivity contribution in [2.45, 2.75) is 57.3 Å². The molecule has 23 heavy (non-hydrogen) atoms. The summed E-state index contributed by atoms with van der Waals surface area (Å²) in [5.41, 5.74) is 6.53. The summed E-state index contributed by atoms with van der Waals surface area (Å²) in [5, 5.41) is 5.78. The summed E-state index contributed by atoms with van der Waals surface area (Å²) in [6.45, 7) is 1.88. The van der Waals surface area contributed by atoms with E-state index < -0.39 is 12.1 Å². The lowest BCUT2D eigenvalue weighted by Gasteiger charge is -2.32. The molecule has 1 saturated carbocycles. The predicted octanol–water partition coefficient (Wildman–Crippen LogP) is 1.69. The summed E-state index contributed by atoms with van der Waals surface area (Å²) in [4.78, 5) is 23.8. The molecule has 3 atom stereocenters. The van der Waals surface area contributed by atoms with Crippen LogP contribution in [0.5, 0.6) is 0 Å². The van der Waals surface area contributed by atoms with E-state index in [0.29, 0.717) is 0 Å². The Morgan fingerprint density at radius 3 is 2.39 bits per heavy atom. The van der Waals surface area contributed by atoms with Crippen LogP contribution in [0.2, 0.25) is 0 Å². The van der Waals surface area contributed by atoms with Gasteiger partial charge in [0.2, 0.25) is 5.91 Å². The zero-order chi connectivity index (χ0) is 16.7. The van der Waals surface area contributed by atoms with Gasteiger partial charge in [-0.15, -0.1) is 0 Å². The molecule has 0 saturated heterocycles. The molecule has 126 valence electrons. The number of amides is 2. The number of hydrogen-bond donors (Lipinski definition) is 3. The Balaban J connectivity index is 1.83. The number of alkyl carbamates (subject to hydrolysis) is 1. The number of rotatable bonds is 5. The minimum Gasteiger partial charge on any atom is -0.445 e. The van der Waals surface area contributed by atoms with E-state index in [4.69, 9.17) is 10.5 Å². The molecule has 2 rings (SSSR count). The highest BCUT2D eigenvalue weighted by Crippen LogP contribution is 2.19. The van der Waals surface area contributed by atoms with Crippen LogP contribution in [0.4, 0.5) is 4.79 Å². The van der Waals surface area contributed by atoms with Gasteiger partial charge in [0.15, 0.2) is 0 Å². The van der Waals surface area contributed by atoms with Crippen LogP contribution in [-0.2, 0) is 16.1 Å². The van der Waals surface area contributed by atoms with E-state index in [-0.39, 0.29) is 24.6 Å². The van der Waals surface area contributed by atoms with Crippen molar-refractivity contribution in [3.8, 4) is 0 Å². The Morgan fingerprint density at radius 2 is 1.78 bits per heavy atom. The second-order valence-electron chi connectivity index (χ2n) is 6.00. The zero-order valence-electron chi connectivity index (χ0n) is 13.5. The molecule has 2 unspecified atom stereocenters. The highest BCUT2D eigenvalue weighted by Gasteiger charge is 2.28. The first-order valence-corrected chi connectivity index (χ1v) is 8.09. The van der Waals surface area contributed by atoms with Crippen LogP contribution >= 0.6 is 0 Å². The quantitative estimate of drug-likeness (QED) is 0.770. The van der Waals surface area contributed by atoms with Crippen LogP contribution in [0.3, 0.4) is 0 Å². The minimum absolute atomic E-state index is 0.0912. The molecular weight excluding hydrogens is 294 g/mol. The van der Waals surface area contributed by atoms with Gasteiger partial charge in [-0.2, -0.15) is 0 Å². The summed E-state index contributed by atoms with van der Waals surface area (Å²) >= 11 is 0. The van der Waals surface area contributed by atoms with Gasteiger partial charge in [0, 0.05) is 6.04 Å². The summed E-state index contributed by atoms with van der Waals surface area (Å²) in [5.74, 6) is -0.193. The van der Waals surface area contributed by atoms with Crippen LogP contribution in [0.25, 0.3) is 0 Å². The zero-order valence-corrected chi connectivity index (χ0v) is 13.5. The molecule has 1 aliphatic carbocycles. The number of nitrogens with two attached hydrogens (primary N) is 1. The minimum atomic E-state index is -0.553. The van der Waals surface area contributed by atoms with Crippen LogP contribution in [0.1, 0.15) is 38.2 Å². The number of nitrogens with one attached hydrogen (secondary N) is 2. The Hall–Kier alpha value is -2.08. The monoisotopic (exact) mass is 319 g/mol. The highest BCUT2D eigenvalue weighted by molar-refractivity contribution is 5.81. The topological polar surface area (TPSA) is 93.5 Å². The molecule has 6 nitrogen and oxygen atoms in total. The van der Waals surface area contributed by atoms with Crippen molar-refractivity contribution in [2.75, 3.05) is 0 Å². The van der Waals surface area contributed by atoms with Crippen molar-refractivity contribution < 1.29 is 14.3 Å². The second-order valence-corrected chi connectivity index (χ2v) is 6.00. The molecule has 0 bridgehead atoms. The molecule has 1 aliphatic rings. The van der Waals surface area contributed by atoms with E-state index in [1.165, 1.54) is 0 Å². The lowest BCUT2D eigenvalue weighted by atomic mass is 9.90. The molecule has 0 aliphatic heterocycles. The standard InChI is InChI=1S/C17H25N3O3/c1-12(18)16(21)19-14-9-5-6-10-15(14)20-17(22)23-11-13-7-3-2-4-8-13/h2-4,7-8,12,14-15H,5-6,9-11,18H2,1H3,(H,19,21)(H,20,22)/t12-,14?,15?/m0/s1. The van der Waals surface area contributed by atoms with Crippen molar-refractivity contribution in [3.63, 3.8) is 0 Å². The summed E-state index contributed by atoms with van der Waals surface area (Å²) < 4.78 is 5.24. The number of carbonyl (C=O) groups excluding carboxylic acids is 2. The predicted molar refractivity (Wildman–Crippen MR) is 87.6 cm³/mol. The summed E-state index contributed by atoms with van der Waals surface area (Å²) in [6, 6.07) is 8.76. The van der Waals surface area contributed by atoms with Gasteiger partial charge in [-0.25, -0.2) is 4.79 Å². The maximum absolute atomic E-state index is 12.0. The first-order valence-electron chi connectivity index (χ1n) is 8.09. The molecule has 1 fully saturated rings. The molecule has 2 amide bonds. The molecule has 1 aromatic rings. The average Bonchev–Trinajstić information content (AvgIpc) is 2.55. The van der Waals surface area contributed by atoms with E-state index in [1.807, 2.05) is 30.3 Å². The molecular formula is C17H25N3O3. The second kappa shape index (κ2) is 8.53. The highest BCUT2D eigenvalue weighted by atomic mass is 16.5. The van der Waals surface area contributed by atoms with Crippen molar-refractivity contribution in [2.24, 2.45) is 5.73 Å². The fourth-order valence-corrected chi connectivity index (χ4v) is 2.71. The Bertz CT molecular complexity index is 519. The number of ether oxygens (including phenoxy) is 1. The van der Waals surface area contributed by atoms with Gasteiger partial charge in [-0.1, -0.05) is 43.2 Å². The number of hydrogen-bond acceptors (Lipinski definition) is 4. The molecule has 6 heteroatoms. The van der Waals surface area contributed by atoms with Gasteiger partial charge in [0.25, 0.3) is 0 Å². The third kappa shape index (κ3) is 5.56. The van der Waals surface area contributed by atoms with E-state index >= 15 is 0 Å². The smallest absolute Gasteiger partial charge is 0.407 e. The molecule has 0 spiro atoms. The SMILES string of the molecule is C[C@H](N)C(=O)NC1CCCCC1NC(=O)OCc1ccccc1. The first kappa shape index (κ1) is 17.3. The molecule has 0 radical (unpaired) electrons. The van der Waals surface area contributed by atoms with Crippen molar-refractivity contribution in [3.05, 3.63) is 35.9 Å². The lowest BCUT2D eigenvalue weighted by molar-refractivity contribution is -0.123. The molecule has 0 heterocycles. The number of carbonyl (C=O) groups is 2. The van der Waals surface area contributed by atoms with Gasteiger partial charge >= 0.3 is 6.09 Å². The lowest BCUT2D eigenvalue weighted by Crippen LogP contribution is -2.55. The van der Waals surface area contributed by atoms with E-state index in [1.54, 1.807) is 6.92 Å². The van der Waals surface area contributed by atoms with Gasteiger partial charge in [0.1, 0.15) is 6.61 Å². The van der Waals surface area contributed by atoms with Crippen LogP contribution < -0.4 is 16.4 Å². The maximum atomic E-state index is 12.0. The third-order valence-corrected chi connectivity index (χ3v) is 4.02.